The summed E-state index contributed by atoms with van der Waals surface area (Å²) in [5, 5.41) is 6.13. The first-order valence-corrected chi connectivity index (χ1v) is 9.17. The summed E-state index contributed by atoms with van der Waals surface area (Å²) in [6, 6.07) is 17.6. The van der Waals surface area contributed by atoms with Crippen molar-refractivity contribution in [3.63, 3.8) is 0 Å². The predicted molar refractivity (Wildman–Crippen MR) is 110 cm³/mol. The van der Waals surface area contributed by atoms with Gasteiger partial charge in [-0.15, -0.1) is 0 Å². The molecule has 0 radical (unpaired) electrons. The largest absolute Gasteiger partial charge is 0.496 e. The molecule has 0 aliphatic carbocycles. The van der Waals surface area contributed by atoms with Crippen LogP contribution in [0.3, 0.4) is 0 Å². The molecule has 3 rings (SSSR count). The van der Waals surface area contributed by atoms with E-state index in [0.29, 0.717) is 24.6 Å². The van der Waals surface area contributed by atoms with Crippen molar-refractivity contribution in [3.05, 3.63) is 83.3 Å². The molecule has 1 heterocycles. The lowest BCUT2D eigenvalue weighted by Crippen LogP contribution is -2.24. The average molecular weight is 376 g/mol. The van der Waals surface area contributed by atoms with Crippen molar-refractivity contribution in [1.82, 2.24) is 15.3 Å². The predicted octanol–water partition coefficient (Wildman–Crippen LogP) is 3.38. The lowest BCUT2D eigenvalue weighted by Gasteiger charge is -2.10. The highest BCUT2D eigenvalue weighted by molar-refractivity contribution is 5.92. The number of carbonyl (C=O) groups excluding carboxylic acids is 1. The Hall–Kier alpha value is -3.41. The molecule has 0 spiro atoms. The van der Waals surface area contributed by atoms with Gasteiger partial charge in [0.2, 0.25) is 0 Å². The van der Waals surface area contributed by atoms with Gasteiger partial charge in [-0.2, -0.15) is 0 Å². The van der Waals surface area contributed by atoms with Crippen molar-refractivity contribution in [2.24, 2.45) is 0 Å². The average Bonchev–Trinajstić information content (AvgIpc) is 2.72. The second kappa shape index (κ2) is 9.50. The third-order valence-electron chi connectivity index (χ3n) is 4.33. The standard InChI is InChI=1S/C22H24N4O2/c1-16-6-5-7-17(12-16)14-24-22(27)19-13-21(26-15-25-19)23-11-10-18-8-3-4-9-20(18)28-2/h3-9,12-13,15H,10-11,14H2,1-2H3,(H,24,27)(H,23,25,26). The molecule has 144 valence electrons. The lowest BCUT2D eigenvalue weighted by atomic mass is 10.1. The van der Waals surface area contributed by atoms with Gasteiger partial charge in [0, 0.05) is 19.2 Å². The van der Waals surface area contributed by atoms with E-state index < -0.39 is 0 Å². The van der Waals surface area contributed by atoms with Gasteiger partial charge in [-0.3, -0.25) is 4.79 Å². The quantitative estimate of drug-likeness (QED) is 0.630. The third kappa shape index (κ3) is 5.30. The van der Waals surface area contributed by atoms with E-state index in [1.807, 2.05) is 55.5 Å². The van der Waals surface area contributed by atoms with Crippen molar-refractivity contribution in [1.29, 1.82) is 0 Å². The summed E-state index contributed by atoms with van der Waals surface area (Å²) >= 11 is 0. The molecular weight excluding hydrogens is 352 g/mol. The van der Waals surface area contributed by atoms with Crippen LogP contribution < -0.4 is 15.4 Å². The SMILES string of the molecule is COc1ccccc1CCNc1cc(C(=O)NCc2cccc(C)c2)ncn1. The Morgan fingerprint density at radius 1 is 1.07 bits per heavy atom. The number of methoxy groups -OCH3 is 1. The van der Waals surface area contributed by atoms with Gasteiger partial charge < -0.3 is 15.4 Å². The first-order valence-electron chi connectivity index (χ1n) is 9.17. The minimum absolute atomic E-state index is 0.225. The van der Waals surface area contributed by atoms with Crippen molar-refractivity contribution in [2.45, 2.75) is 19.9 Å². The highest BCUT2D eigenvalue weighted by Gasteiger charge is 2.09. The van der Waals surface area contributed by atoms with Crippen molar-refractivity contribution in [3.8, 4) is 5.75 Å². The van der Waals surface area contributed by atoms with Gasteiger partial charge in [-0.25, -0.2) is 9.97 Å². The highest BCUT2D eigenvalue weighted by atomic mass is 16.5. The topological polar surface area (TPSA) is 76.1 Å². The molecular formula is C22H24N4O2. The summed E-state index contributed by atoms with van der Waals surface area (Å²) in [6.45, 7) is 3.15. The van der Waals surface area contributed by atoms with Gasteiger partial charge in [0.1, 0.15) is 23.6 Å². The van der Waals surface area contributed by atoms with Gasteiger partial charge >= 0.3 is 0 Å². The van der Waals surface area contributed by atoms with Crippen LogP contribution in [0.2, 0.25) is 0 Å². The van der Waals surface area contributed by atoms with Gasteiger partial charge in [-0.1, -0.05) is 48.0 Å². The Morgan fingerprint density at radius 3 is 2.75 bits per heavy atom. The highest BCUT2D eigenvalue weighted by Crippen LogP contribution is 2.17. The molecule has 6 nitrogen and oxygen atoms in total. The van der Waals surface area contributed by atoms with E-state index in [1.165, 1.54) is 6.33 Å². The zero-order valence-corrected chi connectivity index (χ0v) is 16.1. The van der Waals surface area contributed by atoms with Crippen molar-refractivity contribution >= 4 is 11.7 Å². The van der Waals surface area contributed by atoms with E-state index in [0.717, 1.165) is 28.9 Å². The minimum atomic E-state index is -0.225. The van der Waals surface area contributed by atoms with Crippen LogP contribution in [0.15, 0.2) is 60.9 Å². The molecule has 6 heteroatoms. The second-order valence-corrected chi connectivity index (χ2v) is 6.45. The molecule has 0 saturated heterocycles. The maximum Gasteiger partial charge on any atom is 0.270 e. The number of amides is 1. The number of nitrogens with one attached hydrogen (secondary N) is 2. The fourth-order valence-corrected chi connectivity index (χ4v) is 2.91. The number of rotatable bonds is 8. The lowest BCUT2D eigenvalue weighted by molar-refractivity contribution is 0.0946. The van der Waals surface area contributed by atoms with E-state index in [2.05, 4.69) is 20.6 Å². The molecule has 0 fully saturated rings. The molecule has 2 aromatic carbocycles. The van der Waals surface area contributed by atoms with Crippen LogP contribution in [0.25, 0.3) is 0 Å². The smallest absolute Gasteiger partial charge is 0.270 e. The third-order valence-corrected chi connectivity index (χ3v) is 4.33. The Bertz CT molecular complexity index is 943. The fraction of sp³-hybridized carbons (Fsp3) is 0.227. The number of aromatic nitrogens is 2. The molecule has 1 aromatic heterocycles. The Kier molecular flexibility index (Phi) is 6.57. The number of para-hydroxylation sites is 1. The van der Waals surface area contributed by atoms with Gasteiger partial charge in [-0.05, 0) is 30.5 Å². The molecule has 0 unspecified atom stereocenters. The molecule has 0 aliphatic heterocycles. The van der Waals surface area contributed by atoms with E-state index in [9.17, 15) is 4.79 Å². The van der Waals surface area contributed by atoms with E-state index in [4.69, 9.17) is 4.74 Å². The van der Waals surface area contributed by atoms with Crippen LogP contribution in [0.1, 0.15) is 27.2 Å². The van der Waals surface area contributed by atoms with Crippen LogP contribution in [0, 0.1) is 6.92 Å². The number of nitrogens with zero attached hydrogens (tertiary/aromatic N) is 2. The molecule has 2 N–H and O–H groups in total. The van der Waals surface area contributed by atoms with Crippen LogP contribution in [0.4, 0.5) is 5.82 Å². The van der Waals surface area contributed by atoms with E-state index in [1.54, 1.807) is 13.2 Å². The first-order chi connectivity index (χ1) is 13.7. The summed E-state index contributed by atoms with van der Waals surface area (Å²) in [6.07, 6.45) is 2.18. The number of hydrogen-bond donors (Lipinski definition) is 2. The Morgan fingerprint density at radius 2 is 1.93 bits per heavy atom. The van der Waals surface area contributed by atoms with Crippen LogP contribution in [-0.2, 0) is 13.0 Å². The van der Waals surface area contributed by atoms with Crippen molar-refractivity contribution in [2.75, 3.05) is 19.0 Å². The van der Waals surface area contributed by atoms with Crippen LogP contribution in [-0.4, -0.2) is 29.5 Å². The Labute approximate surface area is 165 Å². The van der Waals surface area contributed by atoms with Crippen molar-refractivity contribution < 1.29 is 9.53 Å². The maximum absolute atomic E-state index is 12.4. The summed E-state index contributed by atoms with van der Waals surface area (Å²) in [7, 11) is 1.67. The summed E-state index contributed by atoms with van der Waals surface area (Å²) < 4.78 is 5.36. The van der Waals surface area contributed by atoms with Gasteiger partial charge in [0.05, 0.1) is 7.11 Å². The number of carbonyl (C=O) groups is 1. The number of aryl methyl sites for hydroxylation is 1. The molecule has 28 heavy (non-hydrogen) atoms. The zero-order chi connectivity index (χ0) is 19.8. The summed E-state index contributed by atoms with van der Waals surface area (Å²) in [5.41, 5.74) is 3.66. The van der Waals surface area contributed by atoms with E-state index >= 15 is 0 Å². The monoisotopic (exact) mass is 376 g/mol. The molecule has 3 aromatic rings. The van der Waals surface area contributed by atoms with Crippen LogP contribution >= 0.6 is 0 Å². The molecule has 0 atom stereocenters. The summed E-state index contributed by atoms with van der Waals surface area (Å²) in [5.74, 6) is 1.26. The first kappa shape index (κ1) is 19.4. The molecule has 0 bridgehead atoms. The van der Waals surface area contributed by atoms with E-state index in [-0.39, 0.29) is 5.91 Å². The number of hydrogen-bond acceptors (Lipinski definition) is 5. The normalized spacial score (nSPS) is 10.4. The van der Waals surface area contributed by atoms with Gasteiger partial charge in [0.25, 0.3) is 5.91 Å². The second-order valence-electron chi connectivity index (χ2n) is 6.45. The van der Waals surface area contributed by atoms with Gasteiger partial charge in [0.15, 0.2) is 0 Å². The molecule has 0 saturated carbocycles. The fourth-order valence-electron chi connectivity index (χ4n) is 2.91. The molecule has 1 amide bonds. The summed E-state index contributed by atoms with van der Waals surface area (Å²) in [4.78, 5) is 20.7. The van der Waals surface area contributed by atoms with Crippen LogP contribution in [0.5, 0.6) is 5.75 Å². The zero-order valence-electron chi connectivity index (χ0n) is 16.1. The maximum atomic E-state index is 12.4. The minimum Gasteiger partial charge on any atom is -0.496 e. The molecule has 0 aliphatic rings. The number of ether oxygens (including phenoxy) is 1. The number of anilines is 1. The number of benzene rings is 2. The Balaban J connectivity index is 1.55.